The van der Waals surface area contributed by atoms with Crippen LogP contribution in [0, 0.1) is 0 Å². The number of benzene rings is 1. The summed E-state index contributed by atoms with van der Waals surface area (Å²) in [4.78, 5) is 8.00. The summed E-state index contributed by atoms with van der Waals surface area (Å²) in [6.45, 7) is 7.52. The molecule has 1 aromatic carbocycles. The number of fused-ring (bicyclic) bond motifs is 1. The molecular formula is C12H18O3. The molecule has 0 saturated heterocycles. The summed E-state index contributed by atoms with van der Waals surface area (Å²) in [5.41, 5.74) is 0. The van der Waals surface area contributed by atoms with Crippen molar-refractivity contribution in [2.45, 2.75) is 20.3 Å². The first-order valence-corrected chi connectivity index (χ1v) is 5.10. The fourth-order valence-corrected chi connectivity index (χ4v) is 1.11. The van der Waals surface area contributed by atoms with E-state index in [2.05, 4.69) is 0 Å². The van der Waals surface area contributed by atoms with Crippen molar-refractivity contribution >= 4 is 6.79 Å². The van der Waals surface area contributed by atoms with Gasteiger partial charge >= 0.3 is 0 Å². The van der Waals surface area contributed by atoms with Crippen LogP contribution in [0.5, 0.6) is 11.5 Å². The van der Waals surface area contributed by atoms with Crippen LogP contribution in [0.25, 0.3) is 0 Å². The van der Waals surface area contributed by atoms with E-state index in [1.54, 1.807) is 0 Å². The highest BCUT2D eigenvalue weighted by molar-refractivity contribution is 5.39. The molecule has 1 aliphatic heterocycles. The molecule has 0 saturated carbocycles. The molecule has 84 valence electrons. The van der Waals surface area contributed by atoms with Crippen molar-refractivity contribution in [2.24, 2.45) is 0 Å². The van der Waals surface area contributed by atoms with E-state index in [9.17, 15) is 0 Å². The van der Waals surface area contributed by atoms with Gasteiger partial charge in [-0.1, -0.05) is 26.0 Å². The molecule has 0 spiro atoms. The van der Waals surface area contributed by atoms with Gasteiger partial charge in [-0.15, -0.1) is 0 Å². The van der Waals surface area contributed by atoms with E-state index in [-0.39, 0.29) is 0 Å². The number of carbonyl (C=O) groups is 1. The Labute approximate surface area is 91.0 Å². The van der Waals surface area contributed by atoms with Gasteiger partial charge in [-0.3, -0.25) is 0 Å². The first kappa shape index (κ1) is 13.5. The van der Waals surface area contributed by atoms with Crippen LogP contribution in [0.2, 0.25) is 0 Å². The quantitative estimate of drug-likeness (QED) is 0.660. The summed E-state index contributed by atoms with van der Waals surface area (Å²) in [5, 5.41) is 0. The average molecular weight is 210 g/mol. The SMILES string of the molecule is C=O.CC.c1ccc2c(c1)OCCCO2. The van der Waals surface area contributed by atoms with E-state index in [0.717, 1.165) is 31.1 Å². The van der Waals surface area contributed by atoms with Crippen LogP contribution in [0.15, 0.2) is 24.3 Å². The molecule has 0 fully saturated rings. The van der Waals surface area contributed by atoms with Crippen molar-refractivity contribution < 1.29 is 14.3 Å². The first-order chi connectivity index (χ1) is 7.47. The Morgan fingerprint density at radius 2 is 1.40 bits per heavy atom. The highest BCUT2D eigenvalue weighted by atomic mass is 16.5. The van der Waals surface area contributed by atoms with Crippen molar-refractivity contribution in [1.29, 1.82) is 0 Å². The molecule has 15 heavy (non-hydrogen) atoms. The number of ether oxygens (including phenoxy) is 2. The topological polar surface area (TPSA) is 35.5 Å². The fraction of sp³-hybridized carbons (Fsp3) is 0.417. The highest BCUT2D eigenvalue weighted by Crippen LogP contribution is 2.27. The van der Waals surface area contributed by atoms with E-state index in [4.69, 9.17) is 14.3 Å². The summed E-state index contributed by atoms with van der Waals surface area (Å²) in [7, 11) is 0. The zero-order valence-electron chi connectivity index (χ0n) is 9.36. The second kappa shape index (κ2) is 9.06. The minimum Gasteiger partial charge on any atom is -0.490 e. The minimum atomic E-state index is 0.761. The Hall–Kier alpha value is -1.51. The molecule has 3 heteroatoms. The summed E-state index contributed by atoms with van der Waals surface area (Å²) >= 11 is 0. The van der Waals surface area contributed by atoms with Gasteiger partial charge in [0.25, 0.3) is 0 Å². The summed E-state index contributed by atoms with van der Waals surface area (Å²) < 4.78 is 10.8. The molecule has 0 amide bonds. The molecule has 1 aromatic rings. The molecule has 1 heterocycles. The third kappa shape index (κ3) is 4.49. The van der Waals surface area contributed by atoms with Crippen molar-refractivity contribution in [3.63, 3.8) is 0 Å². The molecule has 2 rings (SSSR count). The second-order valence-electron chi connectivity index (χ2n) is 2.50. The molecular weight excluding hydrogens is 192 g/mol. The molecule has 0 N–H and O–H groups in total. The van der Waals surface area contributed by atoms with Gasteiger partial charge in [0.05, 0.1) is 13.2 Å². The van der Waals surface area contributed by atoms with Gasteiger partial charge in [-0.05, 0) is 12.1 Å². The molecule has 0 aliphatic carbocycles. The van der Waals surface area contributed by atoms with Gasteiger partial charge in [0.2, 0.25) is 0 Å². The third-order valence-corrected chi connectivity index (χ3v) is 1.65. The molecule has 0 bridgehead atoms. The lowest BCUT2D eigenvalue weighted by Gasteiger charge is -2.04. The number of hydrogen-bond acceptors (Lipinski definition) is 3. The van der Waals surface area contributed by atoms with Gasteiger partial charge in [0.15, 0.2) is 11.5 Å². The maximum absolute atomic E-state index is 8.00. The minimum absolute atomic E-state index is 0.761. The Morgan fingerprint density at radius 1 is 1.00 bits per heavy atom. The fourth-order valence-electron chi connectivity index (χ4n) is 1.11. The standard InChI is InChI=1S/C9H10O2.C2H6.CH2O/c1-2-5-9-8(4-1)10-6-3-7-11-9;2*1-2/h1-2,4-5H,3,6-7H2;1-2H3;1H2. The number of carbonyl (C=O) groups excluding carboxylic acids is 1. The second-order valence-corrected chi connectivity index (χ2v) is 2.50. The molecule has 1 aliphatic rings. The van der Waals surface area contributed by atoms with Gasteiger partial charge in [0.1, 0.15) is 6.79 Å². The predicted molar refractivity (Wildman–Crippen MR) is 60.5 cm³/mol. The van der Waals surface area contributed by atoms with E-state index < -0.39 is 0 Å². The molecule has 0 unspecified atom stereocenters. The van der Waals surface area contributed by atoms with Crippen LogP contribution in [0.1, 0.15) is 20.3 Å². The summed E-state index contributed by atoms with van der Waals surface area (Å²) in [5.74, 6) is 1.73. The van der Waals surface area contributed by atoms with E-state index >= 15 is 0 Å². The predicted octanol–water partition coefficient (Wildman–Crippen LogP) is 2.69. The van der Waals surface area contributed by atoms with Crippen LogP contribution in [-0.4, -0.2) is 20.0 Å². The Kier molecular flexibility index (Phi) is 8.15. The molecule has 0 aromatic heterocycles. The largest absolute Gasteiger partial charge is 0.490 e. The smallest absolute Gasteiger partial charge is 0.161 e. The molecule has 0 radical (unpaired) electrons. The van der Waals surface area contributed by atoms with Gasteiger partial charge in [-0.25, -0.2) is 0 Å². The lowest BCUT2D eigenvalue weighted by molar-refractivity contribution is -0.0979. The normalized spacial score (nSPS) is 12.1. The number of para-hydroxylation sites is 2. The maximum atomic E-state index is 8.00. The third-order valence-electron chi connectivity index (χ3n) is 1.65. The Bertz CT molecular complexity index is 236. The van der Waals surface area contributed by atoms with Crippen LogP contribution in [0.3, 0.4) is 0 Å². The number of hydrogen-bond donors (Lipinski definition) is 0. The van der Waals surface area contributed by atoms with Crippen LogP contribution < -0.4 is 9.47 Å². The summed E-state index contributed by atoms with van der Waals surface area (Å²) in [6, 6.07) is 7.77. The lowest BCUT2D eigenvalue weighted by atomic mass is 10.3. The van der Waals surface area contributed by atoms with Crippen molar-refractivity contribution in [2.75, 3.05) is 13.2 Å². The highest BCUT2D eigenvalue weighted by Gasteiger charge is 2.06. The van der Waals surface area contributed by atoms with E-state index in [1.165, 1.54) is 0 Å². The van der Waals surface area contributed by atoms with Crippen molar-refractivity contribution in [3.8, 4) is 11.5 Å². The monoisotopic (exact) mass is 210 g/mol. The Balaban J connectivity index is 0.000000442. The van der Waals surface area contributed by atoms with Gasteiger partial charge in [-0.2, -0.15) is 0 Å². The molecule has 0 atom stereocenters. The van der Waals surface area contributed by atoms with Crippen molar-refractivity contribution in [3.05, 3.63) is 24.3 Å². The number of rotatable bonds is 0. The van der Waals surface area contributed by atoms with Crippen LogP contribution >= 0.6 is 0 Å². The first-order valence-electron chi connectivity index (χ1n) is 5.10. The maximum Gasteiger partial charge on any atom is 0.161 e. The zero-order valence-corrected chi connectivity index (χ0v) is 9.36. The van der Waals surface area contributed by atoms with E-state index in [0.29, 0.717) is 0 Å². The average Bonchev–Trinajstić information content (AvgIpc) is 2.59. The van der Waals surface area contributed by atoms with Crippen LogP contribution in [-0.2, 0) is 4.79 Å². The Morgan fingerprint density at radius 3 is 1.80 bits per heavy atom. The van der Waals surface area contributed by atoms with E-state index in [1.807, 2.05) is 44.9 Å². The molecule has 3 nitrogen and oxygen atoms in total. The van der Waals surface area contributed by atoms with Crippen LogP contribution in [0.4, 0.5) is 0 Å². The zero-order chi connectivity index (χ0) is 11.5. The summed E-state index contributed by atoms with van der Waals surface area (Å²) in [6.07, 6.45) is 0.967. The van der Waals surface area contributed by atoms with Gasteiger partial charge in [0, 0.05) is 6.42 Å². The van der Waals surface area contributed by atoms with Gasteiger partial charge < -0.3 is 14.3 Å². The lowest BCUT2D eigenvalue weighted by Crippen LogP contribution is -1.97. The van der Waals surface area contributed by atoms with Crippen molar-refractivity contribution in [1.82, 2.24) is 0 Å².